The number of nitrogens with one attached hydrogen (secondary N) is 1. The number of benzene rings is 6. The number of hydrogen-bond acceptors (Lipinski definition) is 2. The van der Waals surface area contributed by atoms with Crippen LogP contribution in [0.4, 0.5) is 11.4 Å². The minimum atomic E-state index is 0.351. The molecule has 2 nitrogen and oxygen atoms in total. The normalized spacial score (nSPS) is 12.9. The number of hydrogen-bond donors (Lipinski definition) is 1. The van der Waals surface area contributed by atoms with Gasteiger partial charge in [0.1, 0.15) is 0 Å². The second kappa shape index (κ2) is 26.0. The highest BCUT2D eigenvalue weighted by atomic mass is 14.9. The molecule has 0 saturated heterocycles. The molecule has 0 atom stereocenters. The van der Waals surface area contributed by atoms with Gasteiger partial charge in [-0.15, -0.1) is 0 Å². The van der Waals surface area contributed by atoms with Crippen molar-refractivity contribution in [1.29, 1.82) is 0 Å². The molecule has 0 heterocycles. The average Bonchev–Trinajstić information content (AvgIpc) is 3.36. The molecule has 0 unspecified atom stereocenters. The minimum absolute atomic E-state index is 0.351. The maximum Gasteiger partial charge on any atom is 0.0645 e. The first-order valence-corrected chi connectivity index (χ1v) is 30.9. The third-order valence-corrected chi connectivity index (χ3v) is 16.6. The maximum absolute atomic E-state index is 5.60. The van der Waals surface area contributed by atoms with Gasteiger partial charge in [-0.05, 0) is 239 Å². The Morgan fingerprint density at radius 1 is 0.291 bits per heavy atom. The summed E-state index contributed by atoms with van der Waals surface area (Å²) >= 11 is 0. The molecule has 0 radical (unpaired) electrons. The van der Waals surface area contributed by atoms with Crippen LogP contribution < -0.4 is 5.32 Å². The van der Waals surface area contributed by atoms with Crippen LogP contribution in [0, 0.1) is 0 Å². The van der Waals surface area contributed by atoms with Crippen molar-refractivity contribution < 1.29 is 0 Å². The lowest BCUT2D eigenvalue weighted by Crippen LogP contribution is -2.06. The molecular formula is C77H106N2. The van der Waals surface area contributed by atoms with Crippen LogP contribution in [0.25, 0.3) is 44.5 Å². The molecule has 6 aromatic rings. The van der Waals surface area contributed by atoms with Crippen LogP contribution in [0.15, 0.2) is 102 Å². The molecule has 0 spiro atoms. The summed E-state index contributed by atoms with van der Waals surface area (Å²) in [4.78, 5) is 5.60. The molecule has 0 aromatic heterocycles. The van der Waals surface area contributed by atoms with E-state index in [1.54, 1.807) is 0 Å². The molecule has 0 bridgehead atoms. The molecule has 1 N–H and O–H groups in total. The zero-order valence-corrected chi connectivity index (χ0v) is 54.5. The molecule has 0 saturated carbocycles. The molecule has 424 valence electrons. The van der Waals surface area contributed by atoms with Crippen molar-refractivity contribution in [3.8, 4) is 44.5 Å². The molecule has 6 aromatic carbocycles. The van der Waals surface area contributed by atoms with Crippen LogP contribution in [0.5, 0.6) is 0 Å². The summed E-state index contributed by atoms with van der Waals surface area (Å²) in [5, 5.41) is 4.00. The summed E-state index contributed by atoms with van der Waals surface area (Å²) in [7, 11) is 0. The summed E-state index contributed by atoms with van der Waals surface area (Å²) in [5.41, 5.74) is 31.6. The highest BCUT2D eigenvalue weighted by Crippen LogP contribution is 2.48. The van der Waals surface area contributed by atoms with Gasteiger partial charge in [0.15, 0.2) is 0 Å². The van der Waals surface area contributed by atoms with Crippen molar-refractivity contribution in [2.24, 2.45) is 4.99 Å². The fraction of sp³-hybridized carbons (Fsp3) is 0.494. The first kappa shape index (κ1) is 62.7. The Bertz CT molecular complexity index is 2860. The Hall–Kier alpha value is -5.47. The number of anilines is 1. The minimum Gasteiger partial charge on any atom is -0.359 e. The van der Waals surface area contributed by atoms with Crippen LogP contribution in [0.2, 0.25) is 0 Å². The number of nitrogens with zero attached hydrogens (tertiary/aromatic N) is 1. The number of allylic oxidation sites excluding steroid dienone is 2. The van der Waals surface area contributed by atoms with Crippen molar-refractivity contribution in [2.45, 2.75) is 251 Å². The molecule has 79 heavy (non-hydrogen) atoms. The van der Waals surface area contributed by atoms with Crippen LogP contribution in [-0.2, 0) is 0 Å². The van der Waals surface area contributed by atoms with Gasteiger partial charge in [-0.25, -0.2) is 0 Å². The second-order valence-electron chi connectivity index (χ2n) is 27.4. The van der Waals surface area contributed by atoms with E-state index in [-0.39, 0.29) is 0 Å². The lowest BCUT2D eigenvalue weighted by molar-refractivity contribution is 0.806. The van der Waals surface area contributed by atoms with Crippen LogP contribution >= 0.6 is 0 Å². The predicted molar refractivity (Wildman–Crippen MR) is 354 cm³/mol. The quantitative estimate of drug-likeness (QED) is 0.0757. The summed E-state index contributed by atoms with van der Waals surface area (Å²) in [6, 6.07) is 34.6. The highest BCUT2D eigenvalue weighted by molar-refractivity contribution is 5.97. The molecule has 0 aliphatic heterocycles. The smallest absolute Gasteiger partial charge is 0.0645 e. The van der Waals surface area contributed by atoms with Gasteiger partial charge in [-0.3, -0.25) is 4.99 Å². The van der Waals surface area contributed by atoms with E-state index in [2.05, 4.69) is 276 Å². The van der Waals surface area contributed by atoms with Crippen molar-refractivity contribution >= 4 is 17.1 Å². The lowest BCUT2D eigenvalue weighted by Gasteiger charge is -2.26. The molecule has 0 aliphatic carbocycles. The van der Waals surface area contributed by atoms with Crippen molar-refractivity contribution in [3.05, 3.63) is 163 Å². The van der Waals surface area contributed by atoms with E-state index in [0.717, 1.165) is 22.8 Å². The Morgan fingerprint density at radius 3 is 0.709 bits per heavy atom. The first-order chi connectivity index (χ1) is 36.9. The molecule has 0 fully saturated rings. The Morgan fingerprint density at radius 2 is 0.506 bits per heavy atom. The van der Waals surface area contributed by atoms with E-state index in [4.69, 9.17) is 4.99 Å². The topological polar surface area (TPSA) is 24.4 Å². The molecule has 6 rings (SSSR count). The Kier molecular flexibility index (Phi) is 20.6. The SMILES string of the molecule is CC(/C=C(\C)Nc1cc(-c2c(C(C)C)cc(C(C)C)cc2C(C)C)cc(-c2c(C(C)C)cc(C(C)C)cc2C(C)C)c1)=Nc1cc(-c2c(C(C)C)cc(C(C)C)cc2C(C)C)cc(-c2c(C(C)C)cc(C(C)C)cc2C(C)C)c1. The average molecular weight is 1060 g/mol. The van der Waals surface area contributed by atoms with E-state index >= 15 is 0 Å². The standard InChI is InChI=1S/C77H106N2/c1-42(2)56-34-66(46(9)10)74(67(35-56)47(11)12)60-28-61(75-68(48(13)14)36-57(43(3)4)37-69(75)49(15)16)31-64(30-60)78-54(25)27-55(26)79-65-32-62(76-70(50(17)18)38-58(44(5)6)39-71(76)51(19)20)29-63(33-65)77-72(52(21)22)40-59(45(7)8)41-73(77)53(23)24/h27-53,78H,1-26H3/b54-27+,79-55?. The summed E-state index contributed by atoms with van der Waals surface area (Å²) in [5.74, 6) is 4.60. The van der Waals surface area contributed by atoms with Crippen LogP contribution in [0.1, 0.15) is 318 Å². The van der Waals surface area contributed by atoms with E-state index in [9.17, 15) is 0 Å². The van der Waals surface area contributed by atoms with E-state index in [1.165, 1.54) is 111 Å². The Labute approximate surface area is 483 Å². The predicted octanol–water partition coefficient (Wildman–Crippen LogP) is 24.9. The van der Waals surface area contributed by atoms with Crippen LogP contribution in [0.3, 0.4) is 0 Å². The van der Waals surface area contributed by atoms with Crippen molar-refractivity contribution in [1.82, 2.24) is 0 Å². The van der Waals surface area contributed by atoms with Gasteiger partial charge in [0.25, 0.3) is 0 Å². The van der Waals surface area contributed by atoms with Crippen molar-refractivity contribution in [2.75, 3.05) is 5.32 Å². The fourth-order valence-electron chi connectivity index (χ4n) is 11.9. The van der Waals surface area contributed by atoms with Gasteiger partial charge in [0, 0.05) is 17.1 Å². The van der Waals surface area contributed by atoms with E-state index < -0.39 is 0 Å². The third-order valence-electron chi connectivity index (χ3n) is 16.6. The highest BCUT2D eigenvalue weighted by Gasteiger charge is 2.26. The second-order valence-corrected chi connectivity index (χ2v) is 27.4. The van der Waals surface area contributed by atoms with Gasteiger partial charge in [-0.2, -0.15) is 0 Å². The van der Waals surface area contributed by atoms with Crippen molar-refractivity contribution in [3.63, 3.8) is 0 Å². The zero-order chi connectivity index (χ0) is 58.8. The van der Waals surface area contributed by atoms with E-state index in [1.807, 2.05) is 0 Å². The zero-order valence-electron chi connectivity index (χ0n) is 54.5. The van der Waals surface area contributed by atoms with Gasteiger partial charge < -0.3 is 5.32 Å². The molecule has 0 amide bonds. The molecular weight excluding hydrogens is 953 g/mol. The molecule has 2 heteroatoms. The summed E-state index contributed by atoms with van der Waals surface area (Å²) < 4.78 is 0. The van der Waals surface area contributed by atoms with E-state index in [0.29, 0.717) is 71.0 Å². The summed E-state index contributed by atoms with van der Waals surface area (Å²) in [6.45, 7) is 60.9. The van der Waals surface area contributed by atoms with Crippen LogP contribution in [-0.4, -0.2) is 5.71 Å². The molecule has 0 aliphatic rings. The van der Waals surface area contributed by atoms with Gasteiger partial charge in [-0.1, -0.05) is 215 Å². The number of rotatable bonds is 20. The third kappa shape index (κ3) is 14.4. The number of aliphatic imine (C=N–C) groups is 1. The first-order valence-electron chi connectivity index (χ1n) is 30.9. The van der Waals surface area contributed by atoms with Gasteiger partial charge in [0.05, 0.1) is 5.69 Å². The lowest BCUT2D eigenvalue weighted by atomic mass is 9.79. The van der Waals surface area contributed by atoms with Gasteiger partial charge in [0.2, 0.25) is 0 Å². The van der Waals surface area contributed by atoms with Gasteiger partial charge >= 0.3 is 0 Å². The fourth-order valence-corrected chi connectivity index (χ4v) is 11.9. The monoisotopic (exact) mass is 1060 g/mol. The Balaban J connectivity index is 1.64. The largest absolute Gasteiger partial charge is 0.359 e. The maximum atomic E-state index is 5.60. The summed E-state index contributed by atoms with van der Waals surface area (Å²) in [6.07, 6.45) is 2.25.